The average molecular weight is 434 g/mol. The number of amides is 2. The van der Waals surface area contributed by atoms with E-state index in [-0.39, 0.29) is 29.8 Å². The zero-order chi connectivity index (χ0) is 22.5. The van der Waals surface area contributed by atoms with Gasteiger partial charge in [-0.2, -0.15) is 5.10 Å². The number of carbonyl (C=O) groups excluding carboxylic acids is 2. The molecule has 32 heavy (non-hydrogen) atoms. The average Bonchev–Trinajstić information content (AvgIpc) is 2.84. The summed E-state index contributed by atoms with van der Waals surface area (Å²) in [7, 11) is 1.62. The minimum atomic E-state index is -0.274. The van der Waals surface area contributed by atoms with Crippen LogP contribution in [0.25, 0.3) is 10.8 Å². The van der Waals surface area contributed by atoms with Crippen molar-refractivity contribution in [2.24, 2.45) is 5.92 Å². The molecule has 1 aromatic heterocycles. The number of ether oxygens (including phenoxy) is 1. The van der Waals surface area contributed by atoms with E-state index in [2.05, 4.69) is 10.4 Å². The molecule has 1 saturated heterocycles. The SMILES string of the molecule is COc1ccc(CNC(=O)C2CCN(C(=O)Cn3ncc4ccccc4c3=O)CC2)cc1. The van der Waals surface area contributed by atoms with Crippen LogP contribution in [0, 0.1) is 5.92 Å². The van der Waals surface area contributed by atoms with Crippen molar-refractivity contribution in [2.45, 2.75) is 25.9 Å². The van der Waals surface area contributed by atoms with Crippen LogP contribution in [0.4, 0.5) is 0 Å². The van der Waals surface area contributed by atoms with Crippen LogP contribution in [0.2, 0.25) is 0 Å². The topological polar surface area (TPSA) is 93.5 Å². The molecular weight excluding hydrogens is 408 g/mol. The number of hydrogen-bond acceptors (Lipinski definition) is 5. The third kappa shape index (κ3) is 4.80. The Hall–Kier alpha value is -3.68. The van der Waals surface area contributed by atoms with Gasteiger partial charge in [-0.25, -0.2) is 4.68 Å². The van der Waals surface area contributed by atoms with E-state index in [0.717, 1.165) is 16.7 Å². The van der Waals surface area contributed by atoms with E-state index in [0.29, 0.717) is 37.9 Å². The first-order valence-electron chi connectivity index (χ1n) is 10.7. The molecule has 0 aliphatic carbocycles. The van der Waals surface area contributed by atoms with E-state index in [1.807, 2.05) is 36.4 Å². The fourth-order valence-corrected chi connectivity index (χ4v) is 3.94. The minimum Gasteiger partial charge on any atom is -0.497 e. The number of fused-ring (bicyclic) bond motifs is 1. The van der Waals surface area contributed by atoms with E-state index >= 15 is 0 Å². The largest absolute Gasteiger partial charge is 0.497 e. The lowest BCUT2D eigenvalue weighted by molar-refractivity contribution is -0.136. The van der Waals surface area contributed by atoms with E-state index in [1.54, 1.807) is 30.3 Å². The Labute approximate surface area is 185 Å². The summed E-state index contributed by atoms with van der Waals surface area (Å²) in [5.74, 6) is 0.490. The van der Waals surface area contributed by atoms with E-state index in [9.17, 15) is 14.4 Å². The molecular formula is C24H26N4O4. The van der Waals surface area contributed by atoms with Gasteiger partial charge in [-0.1, -0.05) is 30.3 Å². The van der Waals surface area contributed by atoms with Crippen LogP contribution in [-0.4, -0.2) is 46.7 Å². The van der Waals surface area contributed by atoms with Crippen LogP contribution < -0.4 is 15.6 Å². The number of rotatable bonds is 6. The van der Waals surface area contributed by atoms with Gasteiger partial charge in [0, 0.05) is 30.9 Å². The highest BCUT2D eigenvalue weighted by Crippen LogP contribution is 2.18. The summed E-state index contributed by atoms with van der Waals surface area (Å²) in [6, 6.07) is 14.8. The Balaban J connectivity index is 1.28. The van der Waals surface area contributed by atoms with Crippen molar-refractivity contribution in [2.75, 3.05) is 20.2 Å². The first-order valence-corrected chi connectivity index (χ1v) is 10.7. The van der Waals surface area contributed by atoms with Gasteiger partial charge in [0.1, 0.15) is 12.3 Å². The van der Waals surface area contributed by atoms with Gasteiger partial charge in [0.05, 0.1) is 18.7 Å². The lowest BCUT2D eigenvalue weighted by atomic mass is 9.95. The first-order chi connectivity index (χ1) is 15.5. The molecule has 166 valence electrons. The van der Waals surface area contributed by atoms with Crippen molar-refractivity contribution in [3.05, 3.63) is 70.6 Å². The molecule has 8 nitrogen and oxygen atoms in total. The fourth-order valence-electron chi connectivity index (χ4n) is 3.94. The second-order valence-corrected chi connectivity index (χ2v) is 7.92. The molecule has 2 amide bonds. The van der Waals surface area contributed by atoms with Crippen molar-refractivity contribution >= 4 is 22.6 Å². The predicted molar refractivity (Wildman–Crippen MR) is 120 cm³/mol. The summed E-state index contributed by atoms with van der Waals surface area (Å²) in [5, 5.41) is 8.41. The Morgan fingerprint density at radius 3 is 2.53 bits per heavy atom. The third-order valence-corrected chi connectivity index (χ3v) is 5.89. The van der Waals surface area contributed by atoms with E-state index < -0.39 is 0 Å². The summed E-state index contributed by atoms with van der Waals surface area (Å²) in [6.45, 7) is 1.33. The molecule has 0 saturated carbocycles. The molecule has 1 aliphatic rings. The van der Waals surface area contributed by atoms with Gasteiger partial charge in [-0.05, 0) is 36.6 Å². The summed E-state index contributed by atoms with van der Waals surface area (Å²) < 4.78 is 6.35. The summed E-state index contributed by atoms with van der Waals surface area (Å²) >= 11 is 0. The maximum atomic E-state index is 12.7. The van der Waals surface area contributed by atoms with Gasteiger partial charge in [0.25, 0.3) is 5.56 Å². The number of nitrogens with one attached hydrogen (secondary N) is 1. The highest BCUT2D eigenvalue weighted by atomic mass is 16.5. The number of benzene rings is 2. The highest BCUT2D eigenvalue weighted by molar-refractivity contribution is 5.82. The predicted octanol–water partition coefficient (Wildman–Crippen LogP) is 1.96. The zero-order valence-corrected chi connectivity index (χ0v) is 18.0. The molecule has 0 bridgehead atoms. The summed E-state index contributed by atoms with van der Waals surface area (Å²) in [5.41, 5.74) is 0.726. The number of likely N-dealkylation sites (tertiary alicyclic amines) is 1. The molecule has 1 N–H and O–H groups in total. The summed E-state index contributed by atoms with van der Waals surface area (Å²) in [6.07, 6.45) is 2.80. The van der Waals surface area contributed by atoms with E-state index in [1.165, 1.54) is 4.68 Å². The zero-order valence-electron chi connectivity index (χ0n) is 18.0. The van der Waals surface area contributed by atoms with Gasteiger partial charge in [0.15, 0.2) is 0 Å². The Morgan fingerprint density at radius 1 is 1.09 bits per heavy atom. The number of methoxy groups -OCH3 is 1. The van der Waals surface area contributed by atoms with Crippen LogP contribution in [0.3, 0.4) is 0 Å². The molecule has 3 aromatic rings. The first kappa shape index (κ1) is 21.5. The molecule has 0 radical (unpaired) electrons. The van der Waals surface area contributed by atoms with Crippen LogP contribution in [0.5, 0.6) is 5.75 Å². The monoisotopic (exact) mass is 434 g/mol. The molecule has 2 heterocycles. The maximum Gasteiger partial charge on any atom is 0.275 e. The number of hydrogen-bond donors (Lipinski definition) is 1. The van der Waals surface area contributed by atoms with Crippen LogP contribution in [0.15, 0.2) is 59.5 Å². The quantitative estimate of drug-likeness (QED) is 0.640. The van der Waals surface area contributed by atoms with Crippen molar-refractivity contribution in [1.29, 1.82) is 0 Å². The fraction of sp³-hybridized carbons (Fsp3) is 0.333. The molecule has 0 spiro atoms. The lowest BCUT2D eigenvalue weighted by Gasteiger charge is -2.31. The lowest BCUT2D eigenvalue weighted by Crippen LogP contribution is -2.45. The Kier molecular flexibility index (Phi) is 6.49. The minimum absolute atomic E-state index is 0.000308. The smallest absolute Gasteiger partial charge is 0.275 e. The number of aromatic nitrogens is 2. The van der Waals surface area contributed by atoms with Crippen molar-refractivity contribution in [3.63, 3.8) is 0 Å². The molecule has 1 fully saturated rings. The maximum absolute atomic E-state index is 12.7. The van der Waals surface area contributed by atoms with Crippen molar-refractivity contribution < 1.29 is 14.3 Å². The normalized spacial score (nSPS) is 14.3. The molecule has 4 rings (SSSR count). The Bertz CT molecular complexity index is 1160. The van der Waals surface area contributed by atoms with Gasteiger partial charge in [-0.15, -0.1) is 0 Å². The summed E-state index contributed by atoms with van der Waals surface area (Å²) in [4.78, 5) is 39.5. The second kappa shape index (κ2) is 9.64. The van der Waals surface area contributed by atoms with Gasteiger partial charge in [0.2, 0.25) is 11.8 Å². The Morgan fingerprint density at radius 2 is 1.81 bits per heavy atom. The molecule has 0 atom stereocenters. The van der Waals surface area contributed by atoms with Crippen molar-refractivity contribution in [1.82, 2.24) is 20.0 Å². The van der Waals surface area contributed by atoms with Gasteiger partial charge in [-0.3, -0.25) is 14.4 Å². The third-order valence-electron chi connectivity index (χ3n) is 5.89. The number of piperidine rings is 1. The number of carbonyl (C=O) groups is 2. The molecule has 2 aromatic carbocycles. The molecule has 8 heteroatoms. The molecule has 1 aliphatic heterocycles. The molecule has 0 unspecified atom stereocenters. The van der Waals surface area contributed by atoms with Crippen LogP contribution in [0.1, 0.15) is 18.4 Å². The second-order valence-electron chi connectivity index (χ2n) is 7.92. The van der Waals surface area contributed by atoms with Crippen LogP contribution in [-0.2, 0) is 22.7 Å². The highest BCUT2D eigenvalue weighted by Gasteiger charge is 2.27. The number of nitrogens with zero attached hydrogens (tertiary/aromatic N) is 3. The van der Waals surface area contributed by atoms with E-state index in [4.69, 9.17) is 4.74 Å². The van der Waals surface area contributed by atoms with Gasteiger partial charge >= 0.3 is 0 Å². The van der Waals surface area contributed by atoms with Gasteiger partial charge < -0.3 is 15.0 Å². The van der Waals surface area contributed by atoms with Crippen LogP contribution >= 0.6 is 0 Å². The van der Waals surface area contributed by atoms with Crippen molar-refractivity contribution in [3.8, 4) is 5.75 Å². The standard InChI is InChI=1S/C24H26N4O4/c1-32-20-8-6-17(7-9-20)14-25-23(30)18-10-12-27(13-11-18)22(29)16-28-24(31)21-5-3-2-4-19(21)15-26-28/h2-9,15,18H,10-14,16H2,1H3,(H,25,30).